The molecular formula is C29H22F4N8. The molecule has 0 bridgehead atoms. The van der Waals surface area contributed by atoms with E-state index in [1.807, 2.05) is 24.3 Å². The number of nitrogen functional groups attached to an aromatic ring is 2. The highest BCUT2D eigenvalue weighted by molar-refractivity contribution is 6.04. The Morgan fingerprint density at radius 2 is 1.73 bits per heavy atom. The minimum absolute atomic E-state index is 0.0124. The number of pyridine rings is 1. The smallest absolute Gasteiger partial charge is 0.382 e. The minimum Gasteiger partial charge on any atom is -0.382 e. The van der Waals surface area contributed by atoms with Crippen molar-refractivity contribution in [3.8, 4) is 0 Å². The summed E-state index contributed by atoms with van der Waals surface area (Å²) in [5, 5.41) is 7.21. The molecule has 1 unspecified atom stereocenters. The number of hydrogen-bond acceptors (Lipinski definition) is 8. The molecule has 8 nitrogen and oxygen atoms in total. The molecule has 12 heteroatoms. The fourth-order valence-corrected chi connectivity index (χ4v) is 4.74. The van der Waals surface area contributed by atoms with Gasteiger partial charge in [-0.3, -0.25) is 4.98 Å². The summed E-state index contributed by atoms with van der Waals surface area (Å²) in [4.78, 5) is 17.2. The second kappa shape index (κ2) is 10.0. The number of alkyl halides is 3. The van der Waals surface area contributed by atoms with Gasteiger partial charge in [-0.1, -0.05) is 30.3 Å². The van der Waals surface area contributed by atoms with Crippen LogP contribution in [-0.4, -0.2) is 20.7 Å². The summed E-state index contributed by atoms with van der Waals surface area (Å²) in [5.41, 5.74) is 15.3. The summed E-state index contributed by atoms with van der Waals surface area (Å²) in [6, 6.07) is 18.3. The molecule has 3 aromatic carbocycles. The van der Waals surface area contributed by atoms with Gasteiger partial charge < -0.3 is 22.1 Å². The van der Waals surface area contributed by atoms with E-state index in [0.717, 1.165) is 17.7 Å². The molecule has 2 aromatic heterocycles. The lowest BCUT2D eigenvalue weighted by Gasteiger charge is -2.20. The van der Waals surface area contributed by atoms with Crippen LogP contribution >= 0.6 is 0 Å². The molecule has 0 fully saturated rings. The third kappa shape index (κ3) is 5.31. The van der Waals surface area contributed by atoms with Gasteiger partial charge >= 0.3 is 6.18 Å². The van der Waals surface area contributed by atoms with Gasteiger partial charge in [0.25, 0.3) is 0 Å². The number of halogens is 4. The van der Waals surface area contributed by atoms with Crippen LogP contribution in [0.3, 0.4) is 0 Å². The molecule has 6 rings (SSSR count). The lowest BCUT2D eigenvalue weighted by molar-refractivity contribution is -0.137. The van der Waals surface area contributed by atoms with E-state index in [9.17, 15) is 17.6 Å². The van der Waals surface area contributed by atoms with E-state index in [4.69, 9.17) is 16.5 Å². The average Bonchev–Trinajstić information content (AvgIpc) is 3.13. The highest BCUT2D eigenvalue weighted by Crippen LogP contribution is 2.39. The summed E-state index contributed by atoms with van der Waals surface area (Å²) in [6.45, 7) is 0. The maximum atomic E-state index is 13.6. The molecule has 1 aliphatic heterocycles. The predicted molar refractivity (Wildman–Crippen MR) is 151 cm³/mol. The number of benzene rings is 3. The Kier molecular flexibility index (Phi) is 6.37. The van der Waals surface area contributed by atoms with Crippen LogP contribution in [0.25, 0.3) is 10.9 Å². The topological polar surface area (TPSA) is 127 Å². The Bertz CT molecular complexity index is 1800. The van der Waals surface area contributed by atoms with E-state index in [-0.39, 0.29) is 29.1 Å². The molecule has 41 heavy (non-hydrogen) atoms. The van der Waals surface area contributed by atoms with Gasteiger partial charge in [-0.15, -0.1) is 0 Å². The summed E-state index contributed by atoms with van der Waals surface area (Å²) >= 11 is 0. The number of hydrogen-bond donors (Lipinski definition) is 4. The van der Waals surface area contributed by atoms with E-state index in [1.165, 1.54) is 24.4 Å². The number of aromatic nitrogens is 3. The van der Waals surface area contributed by atoms with Gasteiger partial charge in [0, 0.05) is 29.4 Å². The van der Waals surface area contributed by atoms with E-state index in [0.29, 0.717) is 46.0 Å². The first-order valence-corrected chi connectivity index (χ1v) is 12.5. The summed E-state index contributed by atoms with van der Waals surface area (Å²) in [5.74, 6) is 0.0808. The maximum Gasteiger partial charge on any atom is 0.416 e. The lowest BCUT2D eigenvalue weighted by Crippen LogP contribution is -2.15. The van der Waals surface area contributed by atoms with Crippen LogP contribution in [-0.2, 0) is 6.18 Å². The minimum atomic E-state index is -4.46. The van der Waals surface area contributed by atoms with E-state index in [1.54, 1.807) is 18.2 Å². The third-order valence-corrected chi connectivity index (χ3v) is 6.70. The van der Waals surface area contributed by atoms with Crippen molar-refractivity contribution in [1.29, 1.82) is 0 Å². The van der Waals surface area contributed by atoms with E-state index < -0.39 is 11.7 Å². The number of aliphatic imine (C=N–C) groups is 1. The van der Waals surface area contributed by atoms with Crippen molar-refractivity contribution in [1.82, 2.24) is 15.0 Å². The van der Waals surface area contributed by atoms with Crippen molar-refractivity contribution in [2.24, 2.45) is 4.99 Å². The van der Waals surface area contributed by atoms with Crippen LogP contribution in [0.5, 0.6) is 0 Å². The van der Waals surface area contributed by atoms with Crippen molar-refractivity contribution in [2.45, 2.75) is 18.6 Å². The molecule has 0 radical (unpaired) electrons. The first-order valence-electron chi connectivity index (χ1n) is 12.5. The molecule has 6 N–H and O–H groups in total. The van der Waals surface area contributed by atoms with Crippen molar-refractivity contribution < 1.29 is 17.6 Å². The number of nitrogens with one attached hydrogen (secondary N) is 2. The molecule has 5 aromatic rings. The van der Waals surface area contributed by atoms with Crippen molar-refractivity contribution in [2.75, 3.05) is 22.1 Å². The highest BCUT2D eigenvalue weighted by Gasteiger charge is 2.31. The van der Waals surface area contributed by atoms with E-state index in [2.05, 4.69) is 25.6 Å². The number of rotatable bonds is 4. The van der Waals surface area contributed by atoms with Crippen LogP contribution in [0.1, 0.15) is 29.2 Å². The molecule has 0 saturated heterocycles. The van der Waals surface area contributed by atoms with E-state index >= 15 is 0 Å². The van der Waals surface area contributed by atoms with Gasteiger partial charge in [0.15, 0.2) is 11.6 Å². The van der Waals surface area contributed by atoms with Gasteiger partial charge in [0.05, 0.1) is 22.8 Å². The second-order valence-electron chi connectivity index (χ2n) is 9.47. The van der Waals surface area contributed by atoms with Crippen LogP contribution < -0.4 is 22.1 Å². The highest BCUT2D eigenvalue weighted by atomic mass is 19.4. The molecule has 0 saturated carbocycles. The number of anilines is 5. The van der Waals surface area contributed by atoms with Gasteiger partial charge in [0.2, 0.25) is 5.95 Å². The Labute approximate surface area is 231 Å². The quantitative estimate of drug-likeness (QED) is 0.179. The normalized spacial score (nSPS) is 15.0. The number of nitrogens with two attached hydrogens (primary N) is 2. The van der Waals surface area contributed by atoms with Crippen molar-refractivity contribution in [3.63, 3.8) is 0 Å². The van der Waals surface area contributed by atoms with Crippen LogP contribution in [0.15, 0.2) is 84.0 Å². The van der Waals surface area contributed by atoms with Crippen molar-refractivity contribution >= 4 is 51.3 Å². The third-order valence-electron chi connectivity index (χ3n) is 6.70. The lowest BCUT2D eigenvalue weighted by atomic mass is 9.97. The number of nitrogens with zero attached hydrogens (tertiary/aromatic N) is 4. The fourth-order valence-electron chi connectivity index (χ4n) is 4.74. The monoisotopic (exact) mass is 558 g/mol. The van der Waals surface area contributed by atoms with Gasteiger partial charge in [-0.25, -0.2) is 9.38 Å². The zero-order valence-electron chi connectivity index (χ0n) is 21.2. The first-order chi connectivity index (χ1) is 19.6. The van der Waals surface area contributed by atoms with Gasteiger partial charge in [-0.2, -0.15) is 23.1 Å². The standard InChI is InChI=1S/C29H22F4N8/c30-18-7-4-15(5-8-18)22-14-23(39-27-25(38-22)26(34)40-28(35)41-27)16-2-1-3-19(12-16)37-21-10-11-36-24-13-17(29(31,32)33)6-9-20(21)24/h1-13,23H,14H2,(H,36,37)(H5,34,35,39,40,41). The Hall–Kier alpha value is -5.26. The molecule has 1 atom stereocenters. The first kappa shape index (κ1) is 26.0. The molecule has 1 aliphatic rings. The van der Waals surface area contributed by atoms with Gasteiger partial charge in [0.1, 0.15) is 11.5 Å². The average molecular weight is 559 g/mol. The zero-order valence-corrected chi connectivity index (χ0v) is 21.2. The Morgan fingerprint density at radius 3 is 2.51 bits per heavy atom. The van der Waals surface area contributed by atoms with Crippen LogP contribution in [0, 0.1) is 5.82 Å². The van der Waals surface area contributed by atoms with Gasteiger partial charge in [-0.05, 0) is 53.6 Å². The largest absolute Gasteiger partial charge is 0.416 e. The summed E-state index contributed by atoms with van der Waals surface area (Å²) in [6.07, 6.45) is -2.62. The molecule has 0 aliphatic carbocycles. The zero-order chi connectivity index (χ0) is 28.7. The second-order valence-corrected chi connectivity index (χ2v) is 9.47. The summed E-state index contributed by atoms with van der Waals surface area (Å²) < 4.78 is 53.3. The molecule has 206 valence electrons. The number of fused-ring (bicyclic) bond motifs is 2. The Morgan fingerprint density at radius 1 is 0.927 bits per heavy atom. The van der Waals surface area contributed by atoms with Crippen LogP contribution in [0.2, 0.25) is 0 Å². The molecular weight excluding hydrogens is 536 g/mol. The molecule has 0 amide bonds. The fraction of sp³-hybridized carbons (Fsp3) is 0.103. The van der Waals surface area contributed by atoms with Crippen LogP contribution in [0.4, 0.5) is 52.2 Å². The maximum absolute atomic E-state index is 13.6. The summed E-state index contributed by atoms with van der Waals surface area (Å²) in [7, 11) is 0. The predicted octanol–water partition coefficient (Wildman–Crippen LogP) is 6.77. The SMILES string of the molecule is Nc1nc(N)c2c(n1)NC(c1cccc(Nc3ccnc4cc(C(F)(F)F)ccc34)c1)CC(c1ccc(F)cc1)=N2. The molecule has 3 heterocycles. The molecule has 0 spiro atoms. The van der Waals surface area contributed by atoms with Crippen molar-refractivity contribution in [3.05, 3.63) is 102 Å². The Balaban J connectivity index is 1.36.